The summed E-state index contributed by atoms with van der Waals surface area (Å²) in [6, 6.07) is 23.1. The lowest BCUT2D eigenvalue weighted by Crippen LogP contribution is -2.29. The molecule has 0 spiro atoms. The van der Waals surface area contributed by atoms with Gasteiger partial charge in [-0.25, -0.2) is 4.98 Å². The lowest BCUT2D eigenvalue weighted by Gasteiger charge is -2.24. The van der Waals surface area contributed by atoms with Gasteiger partial charge in [0.2, 0.25) is 0 Å². The minimum Gasteiger partial charge on any atom is -0.507 e. The van der Waals surface area contributed by atoms with Crippen LogP contribution in [0.4, 0.5) is 5.13 Å². The minimum absolute atomic E-state index is 0.0701. The van der Waals surface area contributed by atoms with Gasteiger partial charge >= 0.3 is 5.91 Å². The molecule has 1 fully saturated rings. The molecule has 0 bridgehead atoms. The van der Waals surface area contributed by atoms with Gasteiger partial charge in [0.05, 0.1) is 28.4 Å². The van der Waals surface area contributed by atoms with Crippen molar-refractivity contribution in [3.8, 4) is 23.0 Å². The number of hydrogen-bond donors (Lipinski definition) is 1. The zero-order valence-electron chi connectivity index (χ0n) is 26.1. The molecular weight excluding hydrogens is 616 g/mol. The van der Waals surface area contributed by atoms with Gasteiger partial charge in [-0.2, -0.15) is 0 Å². The molecule has 1 atom stereocenters. The van der Waals surface area contributed by atoms with E-state index in [1.807, 2.05) is 63.2 Å². The number of thiazole rings is 1. The predicted molar refractivity (Wildman–Crippen MR) is 180 cm³/mol. The first-order chi connectivity index (χ1) is 22.8. The normalized spacial score (nSPS) is 16.9. The Morgan fingerprint density at radius 1 is 0.936 bits per heavy atom. The van der Waals surface area contributed by atoms with Crippen molar-refractivity contribution in [1.29, 1.82) is 0 Å². The molecule has 0 aliphatic carbocycles. The molecule has 0 unspecified atom stereocenters. The molecule has 0 radical (unpaired) electrons. The number of Topliss-reactive ketones (excluding diaryl/α,β-unsaturated/α-hetero) is 1. The fourth-order valence-corrected chi connectivity index (χ4v) is 7.14. The van der Waals surface area contributed by atoms with Crippen LogP contribution in [-0.2, 0) is 16.2 Å². The number of aromatic nitrogens is 1. The summed E-state index contributed by atoms with van der Waals surface area (Å²) in [7, 11) is 0. The summed E-state index contributed by atoms with van der Waals surface area (Å²) in [5.74, 6) is 0.0000958. The first-order valence-corrected chi connectivity index (χ1v) is 16.2. The summed E-state index contributed by atoms with van der Waals surface area (Å²) in [5.41, 5.74) is 4.57. The summed E-state index contributed by atoms with van der Waals surface area (Å²) >= 11 is 1.32. The van der Waals surface area contributed by atoms with Crippen molar-refractivity contribution in [2.75, 3.05) is 24.7 Å². The Balaban J connectivity index is 1.37. The lowest BCUT2D eigenvalue weighted by atomic mass is 9.95. The standard InChI is InChI=1S/C37H32N2O7S/c1-4-43-28-18-24(10-12-27(28)46-20-23-8-6-5-7-9-23)33-31(34(40)25-11-13-26-29(19-25)45-15-14-44-26)35(41)36(42)39(33)37-38-32-22(3)16-21(2)17-30(32)47-37/h5-13,16-19,33,40H,4,14-15,20H2,1-3H3/t33-/m1/s1. The van der Waals surface area contributed by atoms with E-state index in [1.165, 1.54) is 16.2 Å². The van der Waals surface area contributed by atoms with E-state index in [4.69, 9.17) is 23.9 Å². The maximum Gasteiger partial charge on any atom is 0.301 e. The van der Waals surface area contributed by atoms with Crippen LogP contribution < -0.4 is 23.8 Å². The van der Waals surface area contributed by atoms with Crippen molar-refractivity contribution in [1.82, 2.24) is 4.98 Å². The van der Waals surface area contributed by atoms with E-state index >= 15 is 0 Å². The molecule has 4 aromatic carbocycles. The molecular formula is C37H32N2O7S. The van der Waals surface area contributed by atoms with Gasteiger partial charge in [0.1, 0.15) is 25.6 Å². The number of anilines is 1. The maximum atomic E-state index is 13.9. The first kappa shape index (κ1) is 30.3. The maximum absolute atomic E-state index is 13.9. The second-order valence-electron chi connectivity index (χ2n) is 11.4. The molecule has 2 aliphatic heterocycles. The largest absolute Gasteiger partial charge is 0.507 e. The van der Waals surface area contributed by atoms with Gasteiger partial charge in [-0.15, -0.1) is 0 Å². The number of aliphatic hydroxyl groups excluding tert-OH is 1. The number of rotatable bonds is 8. The molecule has 7 rings (SSSR count). The average molecular weight is 649 g/mol. The third-order valence-electron chi connectivity index (χ3n) is 8.11. The van der Waals surface area contributed by atoms with Gasteiger partial charge < -0.3 is 24.1 Å². The highest BCUT2D eigenvalue weighted by atomic mass is 32.1. The molecule has 5 aromatic rings. The minimum atomic E-state index is -1.01. The Bertz CT molecular complexity index is 2050. The van der Waals surface area contributed by atoms with E-state index in [0.717, 1.165) is 26.9 Å². The van der Waals surface area contributed by atoms with Crippen molar-refractivity contribution in [3.05, 3.63) is 112 Å². The van der Waals surface area contributed by atoms with Crippen LogP contribution in [0.2, 0.25) is 0 Å². The van der Waals surface area contributed by atoms with E-state index in [9.17, 15) is 14.7 Å². The Kier molecular flexibility index (Phi) is 8.03. The Morgan fingerprint density at radius 2 is 1.72 bits per heavy atom. The number of amides is 1. The van der Waals surface area contributed by atoms with Crippen molar-refractivity contribution in [2.45, 2.75) is 33.4 Å². The second kappa shape index (κ2) is 12.4. The molecule has 0 saturated carbocycles. The summed E-state index contributed by atoms with van der Waals surface area (Å²) in [4.78, 5) is 34.0. The average Bonchev–Trinajstić information content (AvgIpc) is 3.62. The molecule has 1 N–H and O–H groups in total. The second-order valence-corrected chi connectivity index (χ2v) is 12.4. The van der Waals surface area contributed by atoms with E-state index in [-0.39, 0.29) is 11.3 Å². The van der Waals surface area contributed by atoms with E-state index in [0.29, 0.717) is 65.7 Å². The fraction of sp³-hybridized carbons (Fsp3) is 0.216. The van der Waals surface area contributed by atoms with E-state index < -0.39 is 17.7 Å². The van der Waals surface area contributed by atoms with E-state index in [1.54, 1.807) is 36.4 Å². The number of nitrogens with zero attached hydrogens (tertiary/aromatic N) is 2. The number of ketones is 1. The number of ether oxygens (including phenoxy) is 4. The van der Waals surface area contributed by atoms with Crippen LogP contribution in [0.1, 0.15) is 40.8 Å². The monoisotopic (exact) mass is 648 g/mol. The van der Waals surface area contributed by atoms with Crippen LogP contribution >= 0.6 is 11.3 Å². The highest BCUT2D eigenvalue weighted by molar-refractivity contribution is 7.22. The summed E-state index contributed by atoms with van der Waals surface area (Å²) < 4.78 is 24.4. The summed E-state index contributed by atoms with van der Waals surface area (Å²) in [6.45, 7) is 7.30. The van der Waals surface area contributed by atoms with Gasteiger partial charge in [0.25, 0.3) is 5.78 Å². The quantitative estimate of drug-likeness (QED) is 0.106. The third kappa shape index (κ3) is 5.65. The van der Waals surface area contributed by atoms with Crippen molar-refractivity contribution in [2.24, 2.45) is 0 Å². The highest BCUT2D eigenvalue weighted by Gasteiger charge is 2.48. The van der Waals surface area contributed by atoms with E-state index in [2.05, 4.69) is 0 Å². The molecule has 9 nitrogen and oxygen atoms in total. The first-order valence-electron chi connectivity index (χ1n) is 15.3. The zero-order chi connectivity index (χ0) is 32.7. The van der Waals surface area contributed by atoms with Gasteiger partial charge in [-0.1, -0.05) is 53.8 Å². The number of carbonyl (C=O) groups excluding carboxylic acids is 2. The number of hydrogen-bond acceptors (Lipinski definition) is 9. The van der Waals surface area contributed by atoms with Crippen LogP contribution in [-0.4, -0.2) is 41.6 Å². The Labute approximate surface area is 275 Å². The van der Waals surface area contributed by atoms with Crippen molar-refractivity contribution in [3.63, 3.8) is 0 Å². The van der Waals surface area contributed by atoms with Gasteiger partial charge in [0.15, 0.2) is 28.1 Å². The topological polar surface area (TPSA) is 107 Å². The Hall–Kier alpha value is -5.35. The number of carbonyl (C=O) groups is 2. The molecule has 1 amide bonds. The SMILES string of the molecule is CCOc1cc([C@@H]2C(=C(O)c3ccc4c(c3)OCCO4)C(=O)C(=O)N2c2nc3c(C)cc(C)cc3s2)ccc1OCc1ccccc1. The molecule has 1 saturated heterocycles. The smallest absolute Gasteiger partial charge is 0.301 e. The van der Waals surface area contributed by atoms with Gasteiger partial charge in [0, 0.05) is 5.56 Å². The Morgan fingerprint density at radius 3 is 2.51 bits per heavy atom. The van der Waals surface area contributed by atoms with Crippen molar-refractivity contribution >= 4 is 44.1 Å². The van der Waals surface area contributed by atoms with Crippen LogP contribution in [0.15, 0.2) is 84.4 Å². The van der Waals surface area contributed by atoms with Crippen LogP contribution in [0.25, 0.3) is 16.0 Å². The molecule has 10 heteroatoms. The van der Waals surface area contributed by atoms with Crippen LogP contribution in [0.5, 0.6) is 23.0 Å². The lowest BCUT2D eigenvalue weighted by molar-refractivity contribution is -0.132. The third-order valence-corrected chi connectivity index (χ3v) is 9.11. The molecule has 47 heavy (non-hydrogen) atoms. The number of aliphatic hydroxyl groups is 1. The summed E-state index contributed by atoms with van der Waals surface area (Å²) in [5, 5.41) is 12.1. The molecule has 3 heterocycles. The van der Waals surface area contributed by atoms with Crippen LogP contribution in [0.3, 0.4) is 0 Å². The number of aryl methyl sites for hydroxylation is 2. The molecule has 1 aromatic heterocycles. The zero-order valence-corrected chi connectivity index (χ0v) is 26.9. The predicted octanol–water partition coefficient (Wildman–Crippen LogP) is 7.29. The summed E-state index contributed by atoms with van der Waals surface area (Å²) in [6.07, 6.45) is 0. The van der Waals surface area contributed by atoms with Gasteiger partial charge in [-0.3, -0.25) is 14.5 Å². The van der Waals surface area contributed by atoms with Gasteiger partial charge in [-0.05, 0) is 79.4 Å². The van der Waals surface area contributed by atoms with Crippen molar-refractivity contribution < 1.29 is 33.6 Å². The van der Waals surface area contributed by atoms with Crippen LogP contribution in [0, 0.1) is 13.8 Å². The number of benzene rings is 4. The number of fused-ring (bicyclic) bond motifs is 2. The highest BCUT2D eigenvalue weighted by Crippen LogP contribution is 2.47. The molecule has 2 aliphatic rings. The molecule has 238 valence electrons. The fourth-order valence-electron chi connectivity index (χ4n) is 5.97.